The fourth-order valence-electron chi connectivity index (χ4n) is 1.74. The highest BCUT2D eigenvalue weighted by Gasteiger charge is 2.10. The molecule has 0 heterocycles. The average Bonchev–Trinajstić information content (AvgIpc) is 2.39. The van der Waals surface area contributed by atoms with E-state index in [1.165, 1.54) is 0 Å². The summed E-state index contributed by atoms with van der Waals surface area (Å²) in [6.45, 7) is 2.16. The Kier molecular flexibility index (Phi) is 4.22. The molecule has 0 amide bonds. The number of ether oxygens (including phenoxy) is 1. The van der Waals surface area contributed by atoms with Crippen molar-refractivity contribution in [1.29, 1.82) is 0 Å². The van der Waals surface area contributed by atoms with Gasteiger partial charge in [0.2, 0.25) is 0 Å². The molecule has 2 aromatic rings. The maximum Gasteiger partial charge on any atom is 0.336 e. The Bertz CT molecular complexity index is 591. The topological polar surface area (TPSA) is 46.5 Å². The van der Waals surface area contributed by atoms with Crippen molar-refractivity contribution in [3.63, 3.8) is 0 Å². The second-order valence-corrected chi connectivity index (χ2v) is 5.06. The van der Waals surface area contributed by atoms with E-state index in [-0.39, 0.29) is 5.56 Å². The van der Waals surface area contributed by atoms with E-state index in [4.69, 9.17) is 9.84 Å². The largest absolute Gasteiger partial charge is 0.489 e. The Morgan fingerprint density at radius 1 is 1.21 bits per heavy atom. The van der Waals surface area contributed by atoms with E-state index in [0.717, 1.165) is 10.0 Å². The molecule has 1 N–H and O–H groups in total. The zero-order valence-corrected chi connectivity index (χ0v) is 12.0. The van der Waals surface area contributed by atoms with E-state index < -0.39 is 5.97 Å². The Hall–Kier alpha value is -1.81. The third-order valence-corrected chi connectivity index (χ3v) is 3.35. The first-order valence-corrected chi connectivity index (χ1v) is 6.57. The molecule has 0 aliphatic carbocycles. The van der Waals surface area contributed by atoms with Crippen molar-refractivity contribution < 1.29 is 14.6 Å². The van der Waals surface area contributed by atoms with Crippen molar-refractivity contribution in [3.8, 4) is 5.75 Å². The lowest BCUT2D eigenvalue weighted by atomic mass is 10.1. The number of hydrogen-bond donors (Lipinski definition) is 1. The molecule has 0 aliphatic heterocycles. The van der Waals surface area contributed by atoms with Gasteiger partial charge < -0.3 is 9.84 Å². The molecule has 0 radical (unpaired) electrons. The first kappa shape index (κ1) is 13.6. The van der Waals surface area contributed by atoms with Gasteiger partial charge in [0.1, 0.15) is 12.4 Å². The van der Waals surface area contributed by atoms with Crippen molar-refractivity contribution in [2.75, 3.05) is 0 Å². The summed E-state index contributed by atoms with van der Waals surface area (Å²) in [5.41, 5.74) is 1.95. The summed E-state index contributed by atoms with van der Waals surface area (Å²) in [6, 6.07) is 12.8. The molecule has 4 heteroatoms. The second-order valence-electron chi connectivity index (χ2n) is 4.15. The summed E-state index contributed by atoms with van der Waals surface area (Å²) >= 11 is 3.37. The first-order valence-electron chi connectivity index (χ1n) is 5.78. The molecule has 0 atom stereocenters. The van der Waals surface area contributed by atoms with Crippen LogP contribution in [0.4, 0.5) is 0 Å². The quantitative estimate of drug-likeness (QED) is 0.924. The minimum atomic E-state index is -0.938. The second kappa shape index (κ2) is 5.89. The van der Waals surface area contributed by atoms with Gasteiger partial charge in [-0.2, -0.15) is 0 Å². The smallest absolute Gasteiger partial charge is 0.336 e. The summed E-state index contributed by atoms with van der Waals surface area (Å²) in [4.78, 5) is 11.0. The Morgan fingerprint density at radius 2 is 1.89 bits per heavy atom. The van der Waals surface area contributed by atoms with Gasteiger partial charge in [-0.05, 0) is 36.8 Å². The van der Waals surface area contributed by atoms with Crippen LogP contribution in [-0.4, -0.2) is 11.1 Å². The van der Waals surface area contributed by atoms with E-state index in [0.29, 0.717) is 17.9 Å². The number of benzene rings is 2. The third-order valence-electron chi connectivity index (χ3n) is 2.82. The maximum absolute atomic E-state index is 11.0. The average molecular weight is 321 g/mol. The normalized spacial score (nSPS) is 10.2. The molecule has 2 rings (SSSR count). The van der Waals surface area contributed by atoms with Gasteiger partial charge in [-0.1, -0.05) is 34.1 Å². The van der Waals surface area contributed by atoms with E-state index in [9.17, 15) is 4.79 Å². The lowest BCUT2D eigenvalue weighted by Crippen LogP contribution is -2.03. The molecule has 0 fully saturated rings. The predicted octanol–water partition coefficient (Wildman–Crippen LogP) is 4.03. The number of halogens is 1. The van der Waals surface area contributed by atoms with E-state index in [1.54, 1.807) is 25.1 Å². The van der Waals surface area contributed by atoms with Gasteiger partial charge in [0.15, 0.2) is 0 Å². The van der Waals surface area contributed by atoms with Crippen LogP contribution in [0, 0.1) is 6.92 Å². The van der Waals surface area contributed by atoms with Crippen LogP contribution in [0.1, 0.15) is 21.5 Å². The zero-order valence-electron chi connectivity index (χ0n) is 10.4. The lowest BCUT2D eigenvalue weighted by molar-refractivity contribution is 0.0695. The number of carboxylic acids is 1. The minimum absolute atomic E-state index is 0.272. The predicted molar refractivity (Wildman–Crippen MR) is 76.6 cm³/mol. The number of hydrogen-bond acceptors (Lipinski definition) is 2. The maximum atomic E-state index is 11.0. The number of rotatable bonds is 4. The summed E-state index contributed by atoms with van der Waals surface area (Å²) in [6.07, 6.45) is 0. The molecular weight excluding hydrogens is 308 g/mol. The minimum Gasteiger partial charge on any atom is -0.489 e. The van der Waals surface area contributed by atoms with Crippen molar-refractivity contribution in [2.45, 2.75) is 13.5 Å². The van der Waals surface area contributed by atoms with E-state index >= 15 is 0 Å². The zero-order chi connectivity index (χ0) is 13.8. The van der Waals surface area contributed by atoms with E-state index in [1.807, 2.05) is 24.3 Å². The summed E-state index contributed by atoms with van der Waals surface area (Å²) < 4.78 is 6.69. The van der Waals surface area contributed by atoms with Gasteiger partial charge in [-0.3, -0.25) is 0 Å². The molecule has 0 saturated heterocycles. The van der Waals surface area contributed by atoms with Crippen LogP contribution in [0.3, 0.4) is 0 Å². The van der Waals surface area contributed by atoms with Gasteiger partial charge >= 0.3 is 5.97 Å². The van der Waals surface area contributed by atoms with Crippen LogP contribution < -0.4 is 4.74 Å². The highest BCUT2D eigenvalue weighted by Crippen LogP contribution is 2.22. The molecule has 0 unspecified atom stereocenters. The fraction of sp³-hybridized carbons (Fsp3) is 0.133. The highest BCUT2D eigenvalue weighted by atomic mass is 79.9. The van der Waals surface area contributed by atoms with Crippen LogP contribution in [0.15, 0.2) is 46.9 Å². The molecule has 0 saturated carbocycles. The van der Waals surface area contributed by atoms with Crippen LogP contribution in [0.25, 0.3) is 0 Å². The fourth-order valence-corrected chi connectivity index (χ4v) is 2.01. The molecule has 19 heavy (non-hydrogen) atoms. The monoisotopic (exact) mass is 320 g/mol. The van der Waals surface area contributed by atoms with Crippen molar-refractivity contribution >= 4 is 21.9 Å². The van der Waals surface area contributed by atoms with Gasteiger partial charge in [-0.25, -0.2) is 4.79 Å². The van der Waals surface area contributed by atoms with Crippen LogP contribution in [-0.2, 0) is 6.61 Å². The first-order chi connectivity index (χ1) is 9.08. The summed E-state index contributed by atoms with van der Waals surface area (Å²) in [5.74, 6) is -0.339. The summed E-state index contributed by atoms with van der Waals surface area (Å²) in [5, 5.41) is 9.05. The Morgan fingerprint density at radius 3 is 2.53 bits per heavy atom. The molecular formula is C15H13BrO3. The third kappa shape index (κ3) is 3.35. The Labute approximate surface area is 120 Å². The lowest BCUT2D eigenvalue weighted by Gasteiger charge is -2.11. The van der Waals surface area contributed by atoms with Gasteiger partial charge in [0, 0.05) is 10.0 Å². The summed E-state index contributed by atoms with van der Waals surface area (Å²) in [7, 11) is 0. The molecule has 0 spiro atoms. The molecule has 0 aliphatic rings. The number of aromatic carboxylic acids is 1. The van der Waals surface area contributed by atoms with Crippen LogP contribution in [0.5, 0.6) is 5.75 Å². The van der Waals surface area contributed by atoms with Gasteiger partial charge in [0.25, 0.3) is 0 Å². The van der Waals surface area contributed by atoms with Crippen molar-refractivity contribution in [2.24, 2.45) is 0 Å². The van der Waals surface area contributed by atoms with Crippen molar-refractivity contribution in [1.82, 2.24) is 0 Å². The number of carbonyl (C=O) groups is 1. The molecule has 98 valence electrons. The Balaban J connectivity index is 2.13. The molecule has 0 aromatic heterocycles. The van der Waals surface area contributed by atoms with E-state index in [2.05, 4.69) is 15.9 Å². The molecule has 2 aromatic carbocycles. The van der Waals surface area contributed by atoms with Crippen molar-refractivity contribution in [3.05, 3.63) is 63.6 Å². The number of carboxylic acid groups (broad SMARTS) is 1. The molecule has 3 nitrogen and oxygen atoms in total. The van der Waals surface area contributed by atoms with Crippen LogP contribution >= 0.6 is 15.9 Å². The van der Waals surface area contributed by atoms with Gasteiger partial charge in [-0.15, -0.1) is 0 Å². The SMILES string of the molecule is Cc1c(OCc2ccc(Br)cc2)cccc1C(=O)O. The standard InChI is InChI=1S/C15H13BrO3/c1-10-13(15(17)18)3-2-4-14(10)19-9-11-5-7-12(16)8-6-11/h2-8H,9H2,1H3,(H,17,18). The highest BCUT2D eigenvalue weighted by molar-refractivity contribution is 9.10. The van der Waals surface area contributed by atoms with Gasteiger partial charge in [0.05, 0.1) is 5.56 Å². The molecule has 0 bridgehead atoms. The van der Waals surface area contributed by atoms with Crippen LogP contribution in [0.2, 0.25) is 0 Å².